The first-order valence-corrected chi connectivity index (χ1v) is 13.7. The minimum absolute atomic E-state index is 0.00599. The molecule has 2 saturated heterocycles. The Bertz CT molecular complexity index is 1150. The molecule has 38 heavy (non-hydrogen) atoms. The summed E-state index contributed by atoms with van der Waals surface area (Å²) in [5, 5.41) is 5.31. The molecule has 3 fully saturated rings. The Labute approximate surface area is 224 Å². The molecule has 2 aliphatic heterocycles. The Hall–Kier alpha value is -3.55. The predicted molar refractivity (Wildman–Crippen MR) is 145 cm³/mol. The lowest BCUT2D eigenvalue weighted by molar-refractivity contribution is -0.127. The van der Waals surface area contributed by atoms with Gasteiger partial charge in [-0.25, -0.2) is 0 Å². The summed E-state index contributed by atoms with van der Waals surface area (Å²) in [6.07, 6.45) is 4.27. The SMILES string of the molecule is CC(=O)N[C@H]1C[C@@H](C(=O)C[C@@H](C)c2ccc(O[C@@H]3CCN(c4ccc(OCC5CC5)cc4)C3)cc2)NC1=O. The Balaban J connectivity index is 1.08. The number of nitrogens with zero attached hydrogens (tertiary/aromatic N) is 1. The van der Waals surface area contributed by atoms with Crippen LogP contribution in [-0.2, 0) is 14.4 Å². The fourth-order valence-corrected chi connectivity index (χ4v) is 5.20. The van der Waals surface area contributed by atoms with Crippen LogP contribution >= 0.6 is 0 Å². The second kappa shape index (κ2) is 11.5. The number of hydrogen-bond donors (Lipinski definition) is 2. The average molecular weight is 520 g/mol. The van der Waals surface area contributed by atoms with Crippen molar-refractivity contribution in [1.82, 2.24) is 10.6 Å². The number of anilines is 1. The Morgan fingerprint density at radius 3 is 2.45 bits per heavy atom. The molecule has 8 nitrogen and oxygen atoms in total. The molecule has 0 unspecified atom stereocenters. The molecule has 2 heterocycles. The fourth-order valence-electron chi connectivity index (χ4n) is 5.20. The van der Waals surface area contributed by atoms with Crippen LogP contribution in [0.2, 0.25) is 0 Å². The summed E-state index contributed by atoms with van der Waals surface area (Å²) in [5.41, 5.74) is 2.23. The number of Topliss-reactive ketones (excluding diaryl/α,β-unsaturated/α-hetero) is 1. The zero-order chi connectivity index (χ0) is 26.6. The molecule has 1 saturated carbocycles. The van der Waals surface area contributed by atoms with Crippen LogP contribution in [-0.4, -0.2) is 55.5 Å². The van der Waals surface area contributed by atoms with Crippen molar-refractivity contribution in [1.29, 1.82) is 0 Å². The van der Waals surface area contributed by atoms with E-state index >= 15 is 0 Å². The first kappa shape index (κ1) is 26.1. The number of benzene rings is 2. The maximum absolute atomic E-state index is 12.8. The van der Waals surface area contributed by atoms with E-state index in [1.54, 1.807) is 0 Å². The zero-order valence-corrected chi connectivity index (χ0v) is 22.2. The van der Waals surface area contributed by atoms with Gasteiger partial charge in [-0.1, -0.05) is 19.1 Å². The lowest BCUT2D eigenvalue weighted by Gasteiger charge is -2.20. The van der Waals surface area contributed by atoms with Gasteiger partial charge in [0.05, 0.1) is 19.2 Å². The quantitative estimate of drug-likeness (QED) is 0.471. The molecule has 4 atom stereocenters. The van der Waals surface area contributed by atoms with Crippen molar-refractivity contribution in [2.24, 2.45) is 5.92 Å². The van der Waals surface area contributed by atoms with Crippen LogP contribution in [0.15, 0.2) is 48.5 Å². The minimum atomic E-state index is -0.634. The number of rotatable bonds is 11. The molecule has 5 rings (SSSR count). The molecular weight excluding hydrogens is 482 g/mol. The molecule has 202 valence electrons. The Morgan fingerprint density at radius 2 is 1.76 bits per heavy atom. The first-order valence-electron chi connectivity index (χ1n) is 13.7. The first-order chi connectivity index (χ1) is 18.3. The second-order valence-electron chi connectivity index (χ2n) is 10.9. The van der Waals surface area contributed by atoms with Crippen LogP contribution in [0.25, 0.3) is 0 Å². The zero-order valence-electron chi connectivity index (χ0n) is 22.2. The summed E-state index contributed by atoms with van der Waals surface area (Å²) in [7, 11) is 0. The summed E-state index contributed by atoms with van der Waals surface area (Å²) in [6, 6.07) is 15.1. The molecule has 0 aromatic heterocycles. The van der Waals surface area contributed by atoms with E-state index in [-0.39, 0.29) is 29.6 Å². The summed E-state index contributed by atoms with van der Waals surface area (Å²) in [4.78, 5) is 38.4. The van der Waals surface area contributed by atoms with Crippen molar-refractivity contribution in [3.63, 3.8) is 0 Å². The largest absolute Gasteiger partial charge is 0.493 e. The topological polar surface area (TPSA) is 97.0 Å². The van der Waals surface area contributed by atoms with E-state index in [1.807, 2.05) is 31.2 Å². The molecule has 2 aromatic carbocycles. The molecule has 3 aliphatic rings. The van der Waals surface area contributed by atoms with Crippen molar-refractivity contribution >= 4 is 23.3 Å². The van der Waals surface area contributed by atoms with Gasteiger partial charge in [-0.05, 0) is 66.6 Å². The third-order valence-corrected chi connectivity index (χ3v) is 7.66. The highest BCUT2D eigenvalue weighted by atomic mass is 16.5. The lowest BCUT2D eigenvalue weighted by atomic mass is 9.92. The molecule has 0 bridgehead atoms. The number of hydrogen-bond acceptors (Lipinski definition) is 6. The highest BCUT2D eigenvalue weighted by Crippen LogP contribution is 2.31. The van der Waals surface area contributed by atoms with Crippen molar-refractivity contribution in [3.05, 3.63) is 54.1 Å². The highest BCUT2D eigenvalue weighted by molar-refractivity contribution is 5.96. The van der Waals surface area contributed by atoms with Crippen molar-refractivity contribution < 1.29 is 23.9 Å². The summed E-state index contributed by atoms with van der Waals surface area (Å²) >= 11 is 0. The average Bonchev–Trinajstić information content (AvgIpc) is 3.51. The van der Waals surface area contributed by atoms with Crippen molar-refractivity contribution in [2.45, 2.75) is 70.1 Å². The fraction of sp³-hybridized carbons (Fsp3) is 0.500. The number of ether oxygens (including phenoxy) is 2. The molecular formula is C30H37N3O5. The summed E-state index contributed by atoms with van der Waals surface area (Å²) in [5.74, 6) is 1.92. The summed E-state index contributed by atoms with van der Waals surface area (Å²) in [6.45, 7) is 5.98. The molecule has 1 aliphatic carbocycles. The molecule has 2 N–H and O–H groups in total. The van der Waals surface area contributed by atoms with Gasteiger partial charge in [0.15, 0.2) is 5.78 Å². The van der Waals surface area contributed by atoms with Crippen molar-refractivity contribution in [2.75, 3.05) is 24.6 Å². The Kier molecular flexibility index (Phi) is 7.86. The highest BCUT2D eigenvalue weighted by Gasteiger charge is 2.36. The van der Waals surface area contributed by atoms with Gasteiger partial charge >= 0.3 is 0 Å². The van der Waals surface area contributed by atoms with E-state index in [0.717, 1.165) is 49.1 Å². The van der Waals surface area contributed by atoms with E-state index in [2.05, 4.69) is 39.8 Å². The van der Waals surface area contributed by atoms with Gasteiger partial charge in [0, 0.05) is 38.4 Å². The predicted octanol–water partition coefficient (Wildman–Crippen LogP) is 3.59. The number of carbonyl (C=O) groups is 3. The van der Waals surface area contributed by atoms with Crippen molar-refractivity contribution in [3.8, 4) is 11.5 Å². The van der Waals surface area contributed by atoms with Crippen LogP contribution in [0.5, 0.6) is 11.5 Å². The van der Waals surface area contributed by atoms with E-state index in [9.17, 15) is 14.4 Å². The smallest absolute Gasteiger partial charge is 0.243 e. The van der Waals surface area contributed by atoms with Crippen LogP contribution in [0.1, 0.15) is 57.4 Å². The second-order valence-corrected chi connectivity index (χ2v) is 10.9. The number of amides is 2. The van der Waals surface area contributed by atoms with Gasteiger partial charge < -0.3 is 25.0 Å². The standard InChI is InChI=1S/C30H37N3O5/c1-19(15-29(35)27-16-28(30(36)32-27)31-20(2)34)22-5-9-25(10-6-22)38-26-13-14-33(17-26)23-7-11-24(12-8-23)37-18-21-3-4-21/h5-12,19,21,26-28H,3-4,13-18H2,1-2H3,(H,31,34)(H,32,36)/t19-,26-,27+,28+/m1/s1. The van der Waals surface area contributed by atoms with Gasteiger partial charge in [-0.15, -0.1) is 0 Å². The number of nitrogens with one attached hydrogen (secondary N) is 2. The molecule has 0 spiro atoms. The van der Waals surface area contributed by atoms with E-state index in [1.165, 1.54) is 25.5 Å². The summed E-state index contributed by atoms with van der Waals surface area (Å²) < 4.78 is 12.1. The van der Waals surface area contributed by atoms with E-state index in [4.69, 9.17) is 9.47 Å². The van der Waals surface area contributed by atoms with Gasteiger partial charge in [-0.2, -0.15) is 0 Å². The number of carbonyl (C=O) groups excluding carboxylic acids is 3. The third-order valence-electron chi connectivity index (χ3n) is 7.66. The normalized spacial score (nSPS) is 23.6. The lowest BCUT2D eigenvalue weighted by Crippen LogP contribution is -2.39. The monoisotopic (exact) mass is 519 g/mol. The van der Waals surface area contributed by atoms with Crippen LogP contribution < -0.4 is 25.0 Å². The molecule has 8 heteroatoms. The minimum Gasteiger partial charge on any atom is -0.493 e. The Morgan fingerprint density at radius 1 is 1.05 bits per heavy atom. The molecule has 0 radical (unpaired) electrons. The maximum atomic E-state index is 12.8. The van der Waals surface area contributed by atoms with Gasteiger partial charge in [0.2, 0.25) is 11.8 Å². The van der Waals surface area contributed by atoms with Crippen LogP contribution in [0.3, 0.4) is 0 Å². The van der Waals surface area contributed by atoms with Crippen LogP contribution in [0.4, 0.5) is 5.69 Å². The third kappa shape index (κ3) is 6.65. The van der Waals surface area contributed by atoms with Gasteiger partial charge in [0.25, 0.3) is 0 Å². The van der Waals surface area contributed by atoms with Crippen LogP contribution in [0, 0.1) is 5.92 Å². The van der Waals surface area contributed by atoms with Gasteiger partial charge in [0.1, 0.15) is 23.6 Å². The van der Waals surface area contributed by atoms with E-state index < -0.39 is 12.1 Å². The molecule has 2 aromatic rings. The number of ketones is 1. The van der Waals surface area contributed by atoms with Gasteiger partial charge in [-0.3, -0.25) is 14.4 Å². The van der Waals surface area contributed by atoms with E-state index in [0.29, 0.717) is 12.8 Å². The maximum Gasteiger partial charge on any atom is 0.243 e. The molecule has 2 amide bonds.